The fourth-order valence-corrected chi connectivity index (χ4v) is 3.66. The van der Waals surface area contributed by atoms with Crippen molar-refractivity contribution in [3.8, 4) is 5.75 Å². The Balaban J connectivity index is 1.58. The molecule has 0 aliphatic rings. The first kappa shape index (κ1) is 22.4. The summed E-state index contributed by atoms with van der Waals surface area (Å²) in [6.45, 7) is 2.67. The Morgan fingerprint density at radius 2 is 1.94 bits per heavy atom. The summed E-state index contributed by atoms with van der Waals surface area (Å²) in [5.74, 6) is 1.05. The third-order valence-electron chi connectivity index (χ3n) is 4.41. The third-order valence-corrected chi connectivity index (χ3v) is 5.24. The molecule has 0 unspecified atom stereocenters. The van der Waals surface area contributed by atoms with Gasteiger partial charge in [-0.05, 0) is 31.2 Å². The van der Waals surface area contributed by atoms with Crippen molar-refractivity contribution in [2.24, 2.45) is 0 Å². The molecule has 0 radical (unpaired) electrons. The van der Waals surface area contributed by atoms with Gasteiger partial charge < -0.3 is 20.3 Å². The van der Waals surface area contributed by atoms with Gasteiger partial charge in [-0.25, -0.2) is 9.97 Å². The fourth-order valence-electron chi connectivity index (χ4n) is 2.86. The van der Waals surface area contributed by atoms with E-state index >= 15 is 0 Å². The summed E-state index contributed by atoms with van der Waals surface area (Å²) in [5.41, 5.74) is 1.43. The number of fused-ring (bicyclic) bond motifs is 1. The van der Waals surface area contributed by atoms with Crippen molar-refractivity contribution in [2.75, 3.05) is 43.6 Å². The molecule has 162 valence electrons. The zero-order chi connectivity index (χ0) is 22.2. The Kier molecular flexibility index (Phi) is 7.66. The Bertz CT molecular complexity index is 1080. The number of anilines is 2. The minimum atomic E-state index is -0.287. The standard InChI is InChI=1S/C22H25N5O3S/c1-4-23-21-17-10-5-6-11-18(17)25-22(26-21)31-14-20(29)27(2)13-19(28)24-15-8-7-9-16(12-15)30-3/h5-12H,4,13-14H2,1-3H3,(H,24,28)(H,23,25,26). The van der Waals surface area contributed by atoms with Crippen LogP contribution in [-0.2, 0) is 9.59 Å². The first-order valence-corrected chi connectivity index (χ1v) is 10.8. The molecular formula is C22H25N5O3S. The summed E-state index contributed by atoms with van der Waals surface area (Å²) in [5, 5.41) is 7.45. The smallest absolute Gasteiger partial charge is 0.243 e. The predicted molar refractivity (Wildman–Crippen MR) is 124 cm³/mol. The van der Waals surface area contributed by atoms with E-state index in [9.17, 15) is 9.59 Å². The van der Waals surface area contributed by atoms with Gasteiger partial charge in [0.1, 0.15) is 11.6 Å². The summed E-state index contributed by atoms with van der Waals surface area (Å²) in [7, 11) is 3.16. The van der Waals surface area contributed by atoms with Crippen molar-refractivity contribution < 1.29 is 14.3 Å². The van der Waals surface area contributed by atoms with Crippen LogP contribution >= 0.6 is 11.8 Å². The van der Waals surface area contributed by atoms with Crippen molar-refractivity contribution in [3.05, 3.63) is 48.5 Å². The second-order valence-electron chi connectivity index (χ2n) is 6.72. The van der Waals surface area contributed by atoms with E-state index in [1.807, 2.05) is 31.2 Å². The molecule has 0 fully saturated rings. The average Bonchev–Trinajstić information content (AvgIpc) is 2.77. The van der Waals surface area contributed by atoms with Gasteiger partial charge in [0.05, 0.1) is 24.9 Å². The average molecular weight is 440 g/mol. The lowest BCUT2D eigenvalue weighted by atomic mass is 10.2. The highest BCUT2D eigenvalue weighted by Crippen LogP contribution is 2.24. The zero-order valence-electron chi connectivity index (χ0n) is 17.7. The first-order valence-electron chi connectivity index (χ1n) is 9.81. The van der Waals surface area contributed by atoms with E-state index in [0.717, 1.165) is 23.3 Å². The molecule has 3 rings (SSSR count). The maximum atomic E-state index is 12.5. The Morgan fingerprint density at radius 3 is 2.71 bits per heavy atom. The summed E-state index contributed by atoms with van der Waals surface area (Å²) in [4.78, 5) is 35.2. The Morgan fingerprint density at radius 1 is 1.13 bits per heavy atom. The van der Waals surface area contributed by atoms with Crippen LogP contribution in [0.5, 0.6) is 5.75 Å². The topological polar surface area (TPSA) is 96.5 Å². The van der Waals surface area contributed by atoms with E-state index in [1.165, 1.54) is 16.7 Å². The highest BCUT2D eigenvalue weighted by Gasteiger charge is 2.15. The number of carbonyl (C=O) groups is 2. The van der Waals surface area contributed by atoms with Crippen LogP contribution in [0.2, 0.25) is 0 Å². The minimum absolute atomic E-state index is 0.0577. The molecule has 0 atom stereocenters. The van der Waals surface area contributed by atoms with Crippen LogP contribution in [0.3, 0.4) is 0 Å². The minimum Gasteiger partial charge on any atom is -0.497 e. The van der Waals surface area contributed by atoms with Crippen molar-refractivity contribution in [1.29, 1.82) is 0 Å². The van der Waals surface area contributed by atoms with Gasteiger partial charge in [0, 0.05) is 30.7 Å². The van der Waals surface area contributed by atoms with Crippen LogP contribution in [0.1, 0.15) is 6.92 Å². The predicted octanol–water partition coefficient (Wildman–Crippen LogP) is 3.26. The van der Waals surface area contributed by atoms with Crippen LogP contribution in [0, 0.1) is 0 Å². The number of para-hydroxylation sites is 1. The maximum absolute atomic E-state index is 12.5. The molecule has 3 aromatic rings. The number of carbonyl (C=O) groups excluding carboxylic acids is 2. The normalized spacial score (nSPS) is 10.5. The molecule has 31 heavy (non-hydrogen) atoms. The Labute approximate surface area is 185 Å². The number of nitrogens with one attached hydrogen (secondary N) is 2. The van der Waals surface area contributed by atoms with Crippen LogP contribution in [0.25, 0.3) is 10.9 Å². The number of hydrogen-bond donors (Lipinski definition) is 2. The summed E-state index contributed by atoms with van der Waals surface area (Å²) in [6, 6.07) is 14.8. The largest absolute Gasteiger partial charge is 0.497 e. The highest BCUT2D eigenvalue weighted by atomic mass is 32.2. The number of likely N-dealkylation sites (N-methyl/N-ethyl adjacent to an activating group) is 1. The van der Waals surface area contributed by atoms with Crippen LogP contribution in [0.4, 0.5) is 11.5 Å². The number of amides is 2. The lowest BCUT2D eigenvalue weighted by Gasteiger charge is -2.17. The van der Waals surface area contributed by atoms with Gasteiger partial charge in [0.25, 0.3) is 0 Å². The number of hydrogen-bond acceptors (Lipinski definition) is 7. The second kappa shape index (κ2) is 10.6. The van der Waals surface area contributed by atoms with Crippen LogP contribution in [0.15, 0.2) is 53.7 Å². The molecular weight excluding hydrogens is 414 g/mol. The van der Waals surface area contributed by atoms with Gasteiger partial charge in [-0.3, -0.25) is 9.59 Å². The summed E-state index contributed by atoms with van der Waals surface area (Å²) in [6.07, 6.45) is 0. The van der Waals surface area contributed by atoms with Gasteiger partial charge in [0.2, 0.25) is 11.8 Å². The maximum Gasteiger partial charge on any atom is 0.243 e. The van der Waals surface area contributed by atoms with Gasteiger partial charge >= 0.3 is 0 Å². The van der Waals surface area contributed by atoms with E-state index in [2.05, 4.69) is 20.6 Å². The molecule has 2 N–H and O–H groups in total. The lowest BCUT2D eigenvalue weighted by Crippen LogP contribution is -2.36. The first-order chi connectivity index (χ1) is 15.0. The summed E-state index contributed by atoms with van der Waals surface area (Å²) >= 11 is 1.25. The van der Waals surface area contributed by atoms with Crippen molar-refractivity contribution in [2.45, 2.75) is 12.1 Å². The van der Waals surface area contributed by atoms with E-state index in [1.54, 1.807) is 38.4 Å². The molecule has 0 aliphatic heterocycles. The van der Waals surface area contributed by atoms with Gasteiger partial charge in [-0.2, -0.15) is 0 Å². The van der Waals surface area contributed by atoms with E-state index in [-0.39, 0.29) is 24.1 Å². The van der Waals surface area contributed by atoms with Crippen molar-refractivity contribution in [1.82, 2.24) is 14.9 Å². The number of thioether (sulfide) groups is 1. The van der Waals surface area contributed by atoms with Gasteiger partial charge in [-0.1, -0.05) is 30.0 Å². The molecule has 0 spiro atoms. The van der Waals surface area contributed by atoms with E-state index in [4.69, 9.17) is 4.74 Å². The second-order valence-corrected chi connectivity index (χ2v) is 7.66. The number of rotatable bonds is 9. The molecule has 9 heteroatoms. The number of nitrogens with zero attached hydrogens (tertiary/aromatic N) is 3. The zero-order valence-corrected chi connectivity index (χ0v) is 18.5. The molecule has 0 aliphatic carbocycles. The van der Waals surface area contributed by atoms with Crippen molar-refractivity contribution >= 4 is 46.0 Å². The molecule has 2 aromatic carbocycles. The third kappa shape index (κ3) is 6.08. The molecule has 2 amide bonds. The quantitative estimate of drug-likeness (QED) is 0.390. The molecule has 0 bridgehead atoms. The SMILES string of the molecule is CCNc1nc(SCC(=O)N(C)CC(=O)Nc2cccc(OC)c2)nc2ccccc12. The fraction of sp³-hybridized carbons (Fsp3) is 0.273. The van der Waals surface area contributed by atoms with Crippen LogP contribution in [-0.4, -0.2) is 59.7 Å². The molecule has 1 heterocycles. The number of aromatic nitrogens is 2. The number of methoxy groups -OCH3 is 1. The molecule has 0 saturated heterocycles. The van der Waals surface area contributed by atoms with Gasteiger partial charge in [0.15, 0.2) is 5.16 Å². The van der Waals surface area contributed by atoms with E-state index in [0.29, 0.717) is 16.6 Å². The number of benzene rings is 2. The van der Waals surface area contributed by atoms with E-state index < -0.39 is 0 Å². The monoisotopic (exact) mass is 439 g/mol. The molecule has 1 aromatic heterocycles. The van der Waals surface area contributed by atoms with Gasteiger partial charge in [-0.15, -0.1) is 0 Å². The number of ether oxygens (including phenoxy) is 1. The van der Waals surface area contributed by atoms with Crippen molar-refractivity contribution in [3.63, 3.8) is 0 Å². The summed E-state index contributed by atoms with van der Waals surface area (Å²) < 4.78 is 5.15. The molecule has 0 saturated carbocycles. The lowest BCUT2D eigenvalue weighted by molar-refractivity contribution is -0.131. The molecule has 8 nitrogen and oxygen atoms in total. The highest BCUT2D eigenvalue weighted by molar-refractivity contribution is 7.99. The Hall–Kier alpha value is -3.33. The van der Waals surface area contributed by atoms with Crippen LogP contribution < -0.4 is 15.4 Å².